The summed E-state index contributed by atoms with van der Waals surface area (Å²) in [4.78, 5) is 16.8. The Kier molecular flexibility index (Phi) is 5.80. The van der Waals surface area contributed by atoms with Gasteiger partial charge < -0.3 is 14.5 Å². The van der Waals surface area contributed by atoms with Crippen LogP contribution in [0, 0.1) is 6.92 Å². The van der Waals surface area contributed by atoms with Crippen LogP contribution < -0.4 is 0 Å². The number of benzene rings is 1. The lowest BCUT2D eigenvalue weighted by Crippen LogP contribution is -2.47. The molecule has 29 heavy (non-hydrogen) atoms. The summed E-state index contributed by atoms with van der Waals surface area (Å²) < 4.78 is 7.74. The number of aromatic nitrogens is 4. The van der Waals surface area contributed by atoms with Crippen molar-refractivity contribution >= 4 is 6.09 Å². The Morgan fingerprint density at radius 1 is 1.17 bits per heavy atom. The van der Waals surface area contributed by atoms with Crippen LogP contribution in [0.15, 0.2) is 30.3 Å². The van der Waals surface area contributed by atoms with E-state index in [0.717, 1.165) is 51.3 Å². The van der Waals surface area contributed by atoms with E-state index in [1.165, 1.54) is 5.56 Å². The quantitative estimate of drug-likeness (QED) is 0.713. The summed E-state index contributed by atoms with van der Waals surface area (Å²) in [7, 11) is 0. The second kappa shape index (κ2) is 8.49. The predicted octanol–water partition coefficient (Wildman–Crippen LogP) is 2.46. The molecule has 1 amide bonds. The Morgan fingerprint density at radius 2 is 1.93 bits per heavy atom. The smallest absolute Gasteiger partial charge is 0.410 e. The lowest BCUT2D eigenvalue weighted by molar-refractivity contribution is 0.000266. The monoisotopic (exact) mass is 398 g/mol. The number of hydrogen-bond donors (Lipinski definition) is 0. The highest BCUT2D eigenvalue weighted by molar-refractivity contribution is 5.70. The molecule has 3 heterocycles. The first-order valence-corrected chi connectivity index (χ1v) is 10.5. The number of carbonyl (C=O) groups excluding carboxylic acids is 1. The number of hydrogen-bond acceptors (Lipinski definition) is 6. The van der Waals surface area contributed by atoms with Crippen LogP contribution in [0.25, 0.3) is 0 Å². The zero-order valence-electron chi connectivity index (χ0n) is 17.3. The summed E-state index contributed by atoms with van der Waals surface area (Å²) in [5.74, 6) is 1.15. The molecule has 8 nitrogen and oxygen atoms in total. The summed E-state index contributed by atoms with van der Waals surface area (Å²) in [5.41, 5.74) is 0.949. The van der Waals surface area contributed by atoms with Gasteiger partial charge in [-0.25, -0.2) is 9.48 Å². The molecule has 0 aliphatic carbocycles. The number of aryl methyl sites for hydroxylation is 2. The van der Waals surface area contributed by atoms with Crippen molar-refractivity contribution in [3.8, 4) is 0 Å². The first-order valence-electron chi connectivity index (χ1n) is 10.5. The maximum absolute atomic E-state index is 12.5. The average Bonchev–Trinajstić information content (AvgIpc) is 3.27. The Labute approximate surface area is 171 Å². The third-order valence-electron chi connectivity index (χ3n) is 6.23. The molecular weight excluding hydrogens is 368 g/mol. The molecule has 0 unspecified atom stereocenters. The van der Waals surface area contributed by atoms with E-state index < -0.39 is 0 Å². The van der Waals surface area contributed by atoms with Crippen LogP contribution in [0.4, 0.5) is 4.79 Å². The predicted molar refractivity (Wildman–Crippen MR) is 108 cm³/mol. The van der Waals surface area contributed by atoms with Crippen LogP contribution in [0.2, 0.25) is 0 Å². The normalized spacial score (nSPS) is 20.2. The maximum atomic E-state index is 12.5. The molecule has 1 atom stereocenters. The fourth-order valence-electron chi connectivity index (χ4n) is 4.40. The summed E-state index contributed by atoms with van der Waals surface area (Å²) in [6.07, 6.45) is 2.66. The molecule has 2 fully saturated rings. The van der Waals surface area contributed by atoms with E-state index in [9.17, 15) is 4.79 Å². The fraction of sp³-hybridized carbons (Fsp3) is 0.619. The largest absolute Gasteiger partial charge is 0.441 e. The third-order valence-corrected chi connectivity index (χ3v) is 6.23. The Balaban J connectivity index is 1.24. The van der Waals surface area contributed by atoms with E-state index in [1.54, 1.807) is 0 Å². The number of piperidine rings is 1. The second-order valence-electron chi connectivity index (χ2n) is 8.39. The molecule has 2 aliphatic rings. The van der Waals surface area contributed by atoms with E-state index in [2.05, 4.69) is 39.5 Å². The van der Waals surface area contributed by atoms with Gasteiger partial charge in [0.05, 0.1) is 6.54 Å². The minimum Gasteiger partial charge on any atom is -0.441 e. The van der Waals surface area contributed by atoms with Crippen LogP contribution >= 0.6 is 0 Å². The SMILES string of the molecule is Cc1nnnn1CCCN1CCC2(CC1)CN(C[C@H](C)c1ccccc1)C(=O)O2. The number of rotatable bonds is 7. The Bertz CT molecular complexity index is 816. The summed E-state index contributed by atoms with van der Waals surface area (Å²) >= 11 is 0. The van der Waals surface area contributed by atoms with Crippen molar-refractivity contribution in [1.82, 2.24) is 30.0 Å². The van der Waals surface area contributed by atoms with Crippen LogP contribution in [0.1, 0.15) is 43.5 Å². The third kappa shape index (κ3) is 4.58. The highest BCUT2D eigenvalue weighted by Gasteiger charge is 2.46. The molecule has 0 radical (unpaired) electrons. The molecule has 0 bridgehead atoms. The molecule has 0 saturated carbocycles. The molecule has 0 N–H and O–H groups in total. The van der Waals surface area contributed by atoms with Crippen molar-refractivity contribution in [3.05, 3.63) is 41.7 Å². The highest BCUT2D eigenvalue weighted by atomic mass is 16.6. The van der Waals surface area contributed by atoms with Gasteiger partial charge in [-0.05, 0) is 41.8 Å². The number of likely N-dealkylation sites (tertiary alicyclic amines) is 1. The van der Waals surface area contributed by atoms with E-state index in [-0.39, 0.29) is 11.7 Å². The maximum Gasteiger partial charge on any atom is 0.410 e. The van der Waals surface area contributed by atoms with Crippen LogP contribution in [-0.2, 0) is 11.3 Å². The van der Waals surface area contributed by atoms with Gasteiger partial charge in [0, 0.05) is 39.0 Å². The van der Waals surface area contributed by atoms with Gasteiger partial charge in [0.25, 0.3) is 0 Å². The van der Waals surface area contributed by atoms with Crippen molar-refractivity contribution in [1.29, 1.82) is 0 Å². The van der Waals surface area contributed by atoms with Gasteiger partial charge in [0.2, 0.25) is 0 Å². The van der Waals surface area contributed by atoms with Crippen LogP contribution in [-0.4, -0.2) is 74.4 Å². The van der Waals surface area contributed by atoms with Gasteiger partial charge in [0.15, 0.2) is 0 Å². The minimum absolute atomic E-state index is 0.157. The van der Waals surface area contributed by atoms with Gasteiger partial charge in [-0.15, -0.1) is 5.10 Å². The number of carbonyl (C=O) groups is 1. The van der Waals surface area contributed by atoms with Crippen molar-refractivity contribution in [2.24, 2.45) is 0 Å². The molecule has 2 saturated heterocycles. The van der Waals surface area contributed by atoms with Crippen molar-refractivity contribution in [3.63, 3.8) is 0 Å². The molecule has 1 aromatic heterocycles. The molecule has 2 aromatic rings. The van der Waals surface area contributed by atoms with Crippen LogP contribution in [0.3, 0.4) is 0 Å². The topological polar surface area (TPSA) is 76.4 Å². The van der Waals surface area contributed by atoms with Crippen molar-refractivity contribution in [2.75, 3.05) is 32.7 Å². The number of amides is 1. The number of tetrazole rings is 1. The first-order chi connectivity index (χ1) is 14.0. The Hall–Kier alpha value is -2.48. The molecule has 1 spiro atoms. The summed E-state index contributed by atoms with van der Waals surface area (Å²) in [6.45, 7) is 9.28. The van der Waals surface area contributed by atoms with Gasteiger partial charge >= 0.3 is 6.09 Å². The average molecular weight is 399 g/mol. The minimum atomic E-state index is -0.309. The van der Waals surface area contributed by atoms with E-state index in [0.29, 0.717) is 19.0 Å². The lowest BCUT2D eigenvalue weighted by atomic mass is 9.91. The lowest BCUT2D eigenvalue weighted by Gasteiger charge is -2.37. The van der Waals surface area contributed by atoms with E-state index >= 15 is 0 Å². The molecule has 4 rings (SSSR count). The van der Waals surface area contributed by atoms with Gasteiger partial charge in [-0.3, -0.25) is 0 Å². The van der Waals surface area contributed by atoms with Gasteiger partial charge in [0.1, 0.15) is 11.4 Å². The second-order valence-corrected chi connectivity index (χ2v) is 8.39. The summed E-state index contributed by atoms with van der Waals surface area (Å²) in [6, 6.07) is 10.4. The molecule has 1 aromatic carbocycles. The highest BCUT2D eigenvalue weighted by Crippen LogP contribution is 2.34. The molecule has 8 heteroatoms. The van der Waals surface area contributed by atoms with E-state index in [1.807, 2.05) is 34.7 Å². The zero-order valence-corrected chi connectivity index (χ0v) is 17.3. The van der Waals surface area contributed by atoms with Crippen LogP contribution in [0.5, 0.6) is 0 Å². The van der Waals surface area contributed by atoms with Gasteiger partial charge in [-0.2, -0.15) is 0 Å². The van der Waals surface area contributed by atoms with Crippen molar-refractivity contribution in [2.45, 2.75) is 51.2 Å². The molecule has 156 valence electrons. The van der Waals surface area contributed by atoms with Gasteiger partial charge in [-0.1, -0.05) is 37.3 Å². The first kappa shape index (κ1) is 19.8. The standard InChI is InChI=1S/C21H30N6O2/c1-17(19-7-4-3-5-8-19)15-26-16-21(29-20(26)28)9-13-25(14-10-21)11-6-12-27-18(2)22-23-24-27/h3-5,7-8,17H,6,9-16H2,1-2H3/t17-/m0/s1. The summed E-state index contributed by atoms with van der Waals surface area (Å²) in [5, 5.41) is 11.6. The number of ether oxygens (including phenoxy) is 1. The molecular formula is C21H30N6O2. The van der Waals surface area contributed by atoms with Crippen molar-refractivity contribution < 1.29 is 9.53 Å². The molecule has 2 aliphatic heterocycles. The fourth-order valence-corrected chi connectivity index (χ4v) is 4.40. The van der Waals surface area contributed by atoms with E-state index in [4.69, 9.17) is 4.74 Å². The zero-order chi connectivity index (χ0) is 20.3. The Morgan fingerprint density at radius 3 is 2.62 bits per heavy atom. The number of nitrogens with zero attached hydrogens (tertiary/aromatic N) is 6.